The Morgan fingerprint density at radius 2 is 2.09 bits per heavy atom. The summed E-state index contributed by atoms with van der Waals surface area (Å²) in [6.07, 6.45) is 0. The zero-order valence-corrected chi connectivity index (χ0v) is 14.3. The van der Waals surface area contributed by atoms with Crippen molar-refractivity contribution in [2.24, 2.45) is 12.0 Å². The van der Waals surface area contributed by atoms with E-state index in [1.54, 1.807) is 0 Å². The third-order valence-corrected chi connectivity index (χ3v) is 4.01. The van der Waals surface area contributed by atoms with Crippen molar-refractivity contribution in [3.8, 4) is 0 Å². The van der Waals surface area contributed by atoms with Crippen LogP contribution < -0.4 is 0 Å². The average Bonchev–Trinajstić information content (AvgIpc) is 2.70. The van der Waals surface area contributed by atoms with Gasteiger partial charge in [-0.2, -0.15) is 10.1 Å². The van der Waals surface area contributed by atoms with Crippen LogP contribution in [0.4, 0.5) is 0 Å². The first-order valence-corrected chi connectivity index (χ1v) is 7.52. The molecule has 7 heteroatoms. The minimum absolute atomic E-state index is 0.171. The van der Waals surface area contributed by atoms with Crippen LogP contribution in [0.1, 0.15) is 23.9 Å². The number of guanidine groups is 1. The molecule has 2 rings (SSSR count). The van der Waals surface area contributed by atoms with Crippen LogP contribution in [0.5, 0.6) is 0 Å². The van der Waals surface area contributed by atoms with E-state index in [4.69, 9.17) is 10.1 Å². The lowest BCUT2D eigenvalue weighted by atomic mass is 10.1. The van der Waals surface area contributed by atoms with Crippen molar-refractivity contribution in [2.45, 2.75) is 26.8 Å². The van der Waals surface area contributed by atoms with Crippen LogP contribution in [0.15, 0.2) is 4.99 Å². The second-order valence-electron chi connectivity index (χ2n) is 5.94. The van der Waals surface area contributed by atoms with Crippen molar-refractivity contribution >= 4 is 11.8 Å². The summed E-state index contributed by atoms with van der Waals surface area (Å²) in [7, 11) is 5.82. The van der Waals surface area contributed by atoms with Crippen LogP contribution in [0.25, 0.3) is 0 Å². The quantitative estimate of drug-likeness (QED) is 0.621. The molecule has 1 saturated heterocycles. The van der Waals surface area contributed by atoms with Gasteiger partial charge in [-0.05, 0) is 20.8 Å². The molecular formula is C15H26N6O. The number of nitrogens with one attached hydrogen (secondary N) is 1. The lowest BCUT2D eigenvalue weighted by Crippen LogP contribution is -2.46. The fourth-order valence-corrected chi connectivity index (χ4v) is 2.68. The third kappa shape index (κ3) is 3.14. The molecule has 2 heterocycles. The molecule has 1 aromatic rings. The van der Waals surface area contributed by atoms with E-state index in [1.807, 2.05) is 49.5 Å². The molecule has 1 aliphatic heterocycles. The predicted molar refractivity (Wildman–Crippen MR) is 87.6 cm³/mol. The molecule has 22 heavy (non-hydrogen) atoms. The van der Waals surface area contributed by atoms with Crippen LogP contribution in [0.3, 0.4) is 0 Å². The summed E-state index contributed by atoms with van der Waals surface area (Å²) in [6, 6.07) is 0.171. The normalized spacial score (nSPS) is 19.5. The molecule has 0 spiro atoms. The van der Waals surface area contributed by atoms with E-state index >= 15 is 0 Å². The maximum Gasteiger partial charge on any atom is 0.220 e. The molecule has 0 saturated carbocycles. The minimum atomic E-state index is 0.171. The Kier molecular flexibility index (Phi) is 4.85. The van der Waals surface area contributed by atoms with Gasteiger partial charge in [0.1, 0.15) is 5.84 Å². The highest BCUT2D eigenvalue weighted by Gasteiger charge is 2.23. The number of hydrogen-bond donors (Lipinski definition) is 1. The number of ether oxygens (including phenoxy) is 1. The summed E-state index contributed by atoms with van der Waals surface area (Å²) < 4.78 is 7.28. The summed E-state index contributed by atoms with van der Waals surface area (Å²) in [4.78, 5) is 8.52. The fraction of sp³-hybridized carbons (Fsp3) is 0.667. The smallest absolute Gasteiger partial charge is 0.220 e. The number of aryl methyl sites for hydroxylation is 2. The maximum atomic E-state index is 8.36. The van der Waals surface area contributed by atoms with Gasteiger partial charge >= 0.3 is 0 Å². The molecule has 1 aromatic heterocycles. The van der Waals surface area contributed by atoms with Gasteiger partial charge in [0.2, 0.25) is 5.96 Å². The first kappa shape index (κ1) is 16.5. The molecule has 122 valence electrons. The van der Waals surface area contributed by atoms with Crippen molar-refractivity contribution in [1.29, 1.82) is 5.41 Å². The summed E-state index contributed by atoms with van der Waals surface area (Å²) in [6.45, 7) is 8.04. The predicted octanol–water partition coefficient (Wildman–Crippen LogP) is 1.00. The summed E-state index contributed by atoms with van der Waals surface area (Å²) >= 11 is 0. The van der Waals surface area contributed by atoms with Gasteiger partial charge in [0.05, 0.1) is 30.5 Å². The zero-order valence-electron chi connectivity index (χ0n) is 14.3. The standard InChI is InChI=1S/C15H26N6O/c1-10-9-22-8-7-21(10)15(16)17-14(19(4)5)13-11(2)18-20(6)12(13)3/h10,16H,7-9H2,1-6H3/t10-/m1/s1. The largest absolute Gasteiger partial charge is 0.377 e. The van der Waals surface area contributed by atoms with Gasteiger partial charge in [-0.25, -0.2) is 0 Å². The molecule has 1 aliphatic rings. The molecule has 0 amide bonds. The number of morpholine rings is 1. The Hall–Kier alpha value is -1.89. The summed E-state index contributed by atoms with van der Waals surface area (Å²) in [5.74, 6) is 1.05. The third-order valence-electron chi connectivity index (χ3n) is 4.01. The molecule has 1 fully saturated rings. The highest BCUT2D eigenvalue weighted by molar-refractivity contribution is 6.06. The van der Waals surface area contributed by atoms with Crippen LogP contribution in [0.2, 0.25) is 0 Å². The van der Waals surface area contributed by atoms with Gasteiger partial charge in [-0.3, -0.25) is 10.1 Å². The molecule has 0 aliphatic carbocycles. The monoisotopic (exact) mass is 306 g/mol. The Bertz CT molecular complexity index is 589. The van der Waals surface area contributed by atoms with Gasteiger partial charge in [0.15, 0.2) is 0 Å². The second-order valence-corrected chi connectivity index (χ2v) is 5.94. The van der Waals surface area contributed by atoms with E-state index in [2.05, 4.69) is 17.0 Å². The zero-order chi connectivity index (χ0) is 16.4. The summed E-state index contributed by atoms with van der Waals surface area (Å²) in [5, 5.41) is 12.8. The Labute approximate surface area is 132 Å². The summed E-state index contributed by atoms with van der Waals surface area (Å²) in [5.41, 5.74) is 2.97. The second kappa shape index (κ2) is 6.48. The highest BCUT2D eigenvalue weighted by atomic mass is 16.5. The number of hydrogen-bond acceptors (Lipinski definition) is 3. The number of aliphatic imine (C=N–C) groups is 1. The molecule has 7 nitrogen and oxygen atoms in total. The van der Waals surface area contributed by atoms with Crippen molar-refractivity contribution in [2.75, 3.05) is 33.9 Å². The molecule has 1 atom stereocenters. The van der Waals surface area contributed by atoms with E-state index < -0.39 is 0 Å². The van der Waals surface area contributed by atoms with Crippen LogP contribution >= 0.6 is 0 Å². The molecule has 0 radical (unpaired) electrons. The van der Waals surface area contributed by atoms with Gasteiger partial charge in [0.25, 0.3) is 0 Å². The lowest BCUT2D eigenvalue weighted by Gasteiger charge is -2.33. The highest BCUT2D eigenvalue weighted by Crippen LogP contribution is 2.16. The maximum absolute atomic E-state index is 8.36. The number of amidine groups is 1. The Morgan fingerprint density at radius 1 is 1.41 bits per heavy atom. The molecule has 0 unspecified atom stereocenters. The van der Waals surface area contributed by atoms with E-state index in [1.165, 1.54) is 0 Å². The van der Waals surface area contributed by atoms with Crippen molar-refractivity contribution in [1.82, 2.24) is 19.6 Å². The first-order valence-electron chi connectivity index (χ1n) is 7.52. The van der Waals surface area contributed by atoms with Crippen LogP contribution in [-0.2, 0) is 11.8 Å². The minimum Gasteiger partial charge on any atom is -0.377 e. The topological polar surface area (TPSA) is 69.7 Å². The van der Waals surface area contributed by atoms with E-state index in [-0.39, 0.29) is 12.0 Å². The van der Waals surface area contributed by atoms with E-state index in [0.29, 0.717) is 19.8 Å². The van der Waals surface area contributed by atoms with Crippen LogP contribution in [-0.4, -0.2) is 71.3 Å². The Balaban J connectivity index is 2.37. The first-order chi connectivity index (χ1) is 10.3. The Morgan fingerprint density at radius 3 is 2.59 bits per heavy atom. The fourth-order valence-electron chi connectivity index (χ4n) is 2.68. The number of aromatic nitrogens is 2. The van der Waals surface area contributed by atoms with Crippen molar-refractivity contribution < 1.29 is 4.74 Å². The molecule has 0 aromatic carbocycles. The van der Waals surface area contributed by atoms with Crippen molar-refractivity contribution in [3.05, 3.63) is 17.0 Å². The van der Waals surface area contributed by atoms with E-state index in [0.717, 1.165) is 22.8 Å². The van der Waals surface area contributed by atoms with Crippen LogP contribution in [0, 0.1) is 19.3 Å². The van der Waals surface area contributed by atoms with E-state index in [9.17, 15) is 0 Å². The van der Waals surface area contributed by atoms with Gasteiger partial charge in [-0.15, -0.1) is 0 Å². The average molecular weight is 306 g/mol. The molecule has 1 N–H and O–H groups in total. The molecule has 0 bridgehead atoms. The van der Waals surface area contributed by atoms with Crippen molar-refractivity contribution in [3.63, 3.8) is 0 Å². The van der Waals surface area contributed by atoms with Gasteiger partial charge in [-0.1, -0.05) is 0 Å². The number of rotatable bonds is 1. The molecular weight excluding hydrogens is 280 g/mol. The SMILES string of the molecule is Cc1nn(C)c(C)c1C(=NC(=N)N1CCOC[C@H]1C)N(C)C. The van der Waals surface area contributed by atoms with Gasteiger partial charge < -0.3 is 14.5 Å². The van der Waals surface area contributed by atoms with Gasteiger partial charge in [0, 0.05) is 33.4 Å². The number of nitrogens with zero attached hydrogens (tertiary/aromatic N) is 5. The lowest BCUT2D eigenvalue weighted by molar-refractivity contribution is 0.0323.